The fraction of sp³-hybridized carbons (Fsp3) is 0.471. The summed E-state index contributed by atoms with van der Waals surface area (Å²) in [6.45, 7) is 5.06. The van der Waals surface area contributed by atoms with Crippen LogP contribution in [0, 0.1) is 5.92 Å². The number of hydrogen-bond donors (Lipinski definition) is 0. The lowest BCUT2D eigenvalue weighted by molar-refractivity contribution is -0.120. The van der Waals surface area contributed by atoms with Gasteiger partial charge in [-0.2, -0.15) is 4.99 Å². The van der Waals surface area contributed by atoms with E-state index in [1.807, 2.05) is 4.90 Å². The van der Waals surface area contributed by atoms with Gasteiger partial charge in [0.15, 0.2) is 20.8 Å². The zero-order chi connectivity index (χ0) is 18.4. The molecule has 8 heteroatoms. The van der Waals surface area contributed by atoms with E-state index in [-0.39, 0.29) is 40.4 Å². The number of hydrogen-bond acceptors (Lipinski definition) is 5. The number of anilines is 1. The minimum absolute atomic E-state index is 0.0347. The quantitative estimate of drug-likeness (QED) is 0.747. The zero-order valence-electron chi connectivity index (χ0n) is 14.3. The molecule has 1 aromatic carbocycles. The molecule has 2 aliphatic rings. The molecule has 2 fully saturated rings. The molecule has 1 amide bonds. The van der Waals surface area contributed by atoms with Crippen LogP contribution in [-0.2, 0) is 14.6 Å². The molecule has 2 heterocycles. The van der Waals surface area contributed by atoms with E-state index in [1.54, 1.807) is 38.1 Å². The van der Waals surface area contributed by atoms with Crippen molar-refractivity contribution in [3.63, 3.8) is 0 Å². The first-order chi connectivity index (χ1) is 11.7. The van der Waals surface area contributed by atoms with Crippen molar-refractivity contribution in [1.82, 2.24) is 0 Å². The Hall–Kier alpha value is -1.67. The van der Waals surface area contributed by atoms with Crippen molar-refractivity contribution in [2.45, 2.75) is 32.1 Å². The molecule has 0 radical (unpaired) electrons. The van der Waals surface area contributed by atoms with Crippen LogP contribution in [-0.4, -0.2) is 48.1 Å². The van der Waals surface area contributed by atoms with Gasteiger partial charge in [0.1, 0.15) is 0 Å². The zero-order valence-corrected chi connectivity index (χ0v) is 15.9. The number of amidine groups is 1. The maximum absolute atomic E-state index is 12.1. The fourth-order valence-corrected chi connectivity index (χ4v) is 6.87. The fourth-order valence-electron chi connectivity index (χ4n) is 2.95. The van der Waals surface area contributed by atoms with Crippen LogP contribution in [0.1, 0.15) is 31.1 Å². The van der Waals surface area contributed by atoms with Gasteiger partial charge in [-0.25, -0.2) is 8.42 Å². The summed E-state index contributed by atoms with van der Waals surface area (Å²) in [4.78, 5) is 29.6. The summed E-state index contributed by atoms with van der Waals surface area (Å²) in [5.41, 5.74) is 1.33. The van der Waals surface area contributed by atoms with Crippen molar-refractivity contribution in [1.29, 1.82) is 0 Å². The number of amides is 1. The SMILES string of the molecule is CC(=O)c1ccc(N2C(=NC(=O)C(C)C)S[C@H]3CS(=O)(=O)C[C@H]32)cc1. The molecule has 2 atom stereocenters. The van der Waals surface area contributed by atoms with E-state index in [4.69, 9.17) is 0 Å². The Kier molecular flexibility index (Phi) is 4.76. The van der Waals surface area contributed by atoms with E-state index >= 15 is 0 Å². The van der Waals surface area contributed by atoms with E-state index in [0.717, 1.165) is 5.69 Å². The Balaban J connectivity index is 2.00. The van der Waals surface area contributed by atoms with Gasteiger partial charge in [0.25, 0.3) is 5.91 Å². The van der Waals surface area contributed by atoms with E-state index in [0.29, 0.717) is 10.7 Å². The summed E-state index contributed by atoms with van der Waals surface area (Å²) in [7, 11) is -3.09. The second-order valence-corrected chi connectivity index (χ2v) is 10.0. The predicted octanol–water partition coefficient (Wildman–Crippen LogP) is 2.15. The molecule has 134 valence electrons. The summed E-state index contributed by atoms with van der Waals surface area (Å²) >= 11 is 1.35. The third kappa shape index (κ3) is 3.64. The number of fused-ring (bicyclic) bond motifs is 1. The van der Waals surface area contributed by atoms with Gasteiger partial charge < -0.3 is 4.90 Å². The average Bonchev–Trinajstić information content (AvgIpc) is 2.98. The summed E-state index contributed by atoms with van der Waals surface area (Å²) in [5, 5.41) is 0.412. The van der Waals surface area contributed by atoms with Crippen molar-refractivity contribution in [2.24, 2.45) is 10.9 Å². The van der Waals surface area contributed by atoms with Gasteiger partial charge in [-0.05, 0) is 31.2 Å². The second kappa shape index (κ2) is 6.57. The highest BCUT2D eigenvalue weighted by atomic mass is 32.2. The molecule has 3 rings (SSSR count). The Morgan fingerprint density at radius 2 is 1.84 bits per heavy atom. The molecule has 1 aromatic rings. The molecule has 0 aromatic heterocycles. The van der Waals surface area contributed by atoms with E-state index in [2.05, 4.69) is 4.99 Å². The topological polar surface area (TPSA) is 83.9 Å². The smallest absolute Gasteiger partial charge is 0.250 e. The molecule has 25 heavy (non-hydrogen) atoms. The van der Waals surface area contributed by atoms with Crippen LogP contribution in [0.3, 0.4) is 0 Å². The maximum atomic E-state index is 12.1. The van der Waals surface area contributed by atoms with Gasteiger partial charge in [0.2, 0.25) is 0 Å². The molecule has 0 saturated carbocycles. The number of nitrogens with zero attached hydrogens (tertiary/aromatic N) is 2. The van der Waals surface area contributed by atoms with Gasteiger partial charge in [-0.1, -0.05) is 25.6 Å². The van der Waals surface area contributed by atoms with E-state index < -0.39 is 9.84 Å². The van der Waals surface area contributed by atoms with Crippen molar-refractivity contribution < 1.29 is 18.0 Å². The van der Waals surface area contributed by atoms with Gasteiger partial charge >= 0.3 is 0 Å². The maximum Gasteiger partial charge on any atom is 0.250 e. The highest BCUT2D eigenvalue weighted by molar-refractivity contribution is 8.16. The third-order valence-corrected chi connectivity index (χ3v) is 7.53. The van der Waals surface area contributed by atoms with Gasteiger partial charge in [-0.3, -0.25) is 9.59 Å². The minimum Gasteiger partial charge on any atom is -0.316 e. The molecule has 2 saturated heterocycles. The van der Waals surface area contributed by atoms with Crippen LogP contribution in [0.5, 0.6) is 0 Å². The number of benzene rings is 1. The number of rotatable bonds is 3. The molecule has 2 aliphatic heterocycles. The Morgan fingerprint density at radius 3 is 2.40 bits per heavy atom. The number of aliphatic imine (C=N–C) groups is 1. The van der Waals surface area contributed by atoms with Crippen molar-refractivity contribution in [2.75, 3.05) is 16.4 Å². The number of carbonyl (C=O) groups is 2. The van der Waals surface area contributed by atoms with Gasteiger partial charge in [0, 0.05) is 22.4 Å². The molecular weight excluding hydrogens is 360 g/mol. The molecule has 0 bridgehead atoms. The highest BCUT2D eigenvalue weighted by Gasteiger charge is 2.49. The summed E-state index contributed by atoms with van der Waals surface area (Å²) in [6, 6.07) is 6.74. The molecular formula is C17H20N2O4S2. The lowest BCUT2D eigenvalue weighted by Crippen LogP contribution is -2.37. The number of carbonyl (C=O) groups excluding carboxylic acids is 2. The van der Waals surface area contributed by atoms with Crippen molar-refractivity contribution >= 4 is 44.1 Å². The monoisotopic (exact) mass is 380 g/mol. The average molecular weight is 380 g/mol. The molecule has 0 aliphatic carbocycles. The van der Waals surface area contributed by atoms with E-state index in [1.165, 1.54) is 18.7 Å². The summed E-state index contributed by atoms with van der Waals surface area (Å²) in [5.74, 6) is -0.338. The van der Waals surface area contributed by atoms with Crippen LogP contribution in [0.4, 0.5) is 5.69 Å². The first-order valence-electron chi connectivity index (χ1n) is 8.08. The van der Waals surface area contributed by atoms with Crippen molar-refractivity contribution in [3.8, 4) is 0 Å². The second-order valence-electron chi connectivity index (χ2n) is 6.66. The van der Waals surface area contributed by atoms with Crippen LogP contribution >= 0.6 is 11.8 Å². The number of thioether (sulfide) groups is 1. The van der Waals surface area contributed by atoms with Crippen LogP contribution in [0.25, 0.3) is 0 Å². The first kappa shape index (κ1) is 18.1. The third-order valence-electron chi connectivity index (χ3n) is 4.32. The lowest BCUT2D eigenvalue weighted by Gasteiger charge is -2.24. The molecule has 0 spiro atoms. The predicted molar refractivity (Wildman–Crippen MR) is 100 cm³/mol. The minimum atomic E-state index is -3.09. The summed E-state index contributed by atoms with van der Waals surface area (Å²) in [6.07, 6.45) is 0. The standard InChI is InChI=1S/C17H20N2O4S2/c1-10(2)16(21)18-17-19(13-6-4-12(5-7-13)11(3)20)14-8-25(22,23)9-15(14)24-17/h4-7,10,14-15H,8-9H2,1-3H3/t14-,15+/m1/s1. The van der Waals surface area contributed by atoms with Crippen molar-refractivity contribution in [3.05, 3.63) is 29.8 Å². The molecule has 0 unspecified atom stereocenters. The van der Waals surface area contributed by atoms with Gasteiger partial charge in [0.05, 0.1) is 17.5 Å². The Bertz CT molecular complexity index is 844. The Morgan fingerprint density at radius 1 is 1.20 bits per heavy atom. The number of sulfone groups is 1. The highest BCUT2D eigenvalue weighted by Crippen LogP contribution is 2.41. The first-order valence-corrected chi connectivity index (χ1v) is 10.8. The van der Waals surface area contributed by atoms with Gasteiger partial charge in [-0.15, -0.1) is 0 Å². The van der Waals surface area contributed by atoms with Crippen LogP contribution in [0.2, 0.25) is 0 Å². The largest absolute Gasteiger partial charge is 0.316 e. The number of Topliss-reactive ketones (excluding diaryl/α,β-unsaturated/α-hetero) is 1. The Labute approximate surface area is 151 Å². The number of ketones is 1. The molecule has 0 N–H and O–H groups in total. The lowest BCUT2D eigenvalue weighted by atomic mass is 10.1. The van der Waals surface area contributed by atoms with Crippen LogP contribution < -0.4 is 4.90 Å². The normalized spacial score (nSPS) is 26.2. The molecule has 6 nitrogen and oxygen atoms in total. The van der Waals surface area contributed by atoms with E-state index in [9.17, 15) is 18.0 Å². The van der Waals surface area contributed by atoms with Crippen LogP contribution in [0.15, 0.2) is 29.3 Å². The summed E-state index contributed by atoms with van der Waals surface area (Å²) < 4.78 is 24.0.